The fourth-order valence-electron chi connectivity index (χ4n) is 4.37. The molecule has 5 nitrogen and oxygen atoms in total. The van der Waals surface area contributed by atoms with E-state index in [1.807, 2.05) is 115 Å². The average molecular weight is 474 g/mol. The number of anilines is 2. The van der Waals surface area contributed by atoms with E-state index in [9.17, 15) is 4.79 Å². The second kappa shape index (κ2) is 10.2. The molecule has 1 aromatic heterocycles. The van der Waals surface area contributed by atoms with Gasteiger partial charge in [0.25, 0.3) is 5.91 Å². The standard InChI is InChI=1S/C31H27N3O2/c1-22-28(31(35)32-25-18-20-27(36-2)21-19-25)29(23-12-6-3-7-13-23)30(24-14-8-4-9-15-24)34(22)33-26-16-10-5-11-17-26/h3-21,33H,1-2H3,(H,32,35). The number of benzene rings is 4. The zero-order valence-corrected chi connectivity index (χ0v) is 20.2. The predicted octanol–water partition coefficient (Wildman–Crippen LogP) is 7.27. The van der Waals surface area contributed by atoms with Crippen LogP contribution in [0.25, 0.3) is 22.4 Å². The van der Waals surface area contributed by atoms with Crippen LogP contribution in [-0.4, -0.2) is 17.7 Å². The average Bonchev–Trinajstić information content (AvgIpc) is 3.22. The molecule has 0 aliphatic carbocycles. The van der Waals surface area contributed by atoms with Crippen LogP contribution in [0.3, 0.4) is 0 Å². The number of carbonyl (C=O) groups excluding carboxylic acids is 1. The fourth-order valence-corrected chi connectivity index (χ4v) is 4.37. The molecule has 178 valence electrons. The van der Waals surface area contributed by atoms with Crippen LogP contribution in [0.5, 0.6) is 5.75 Å². The van der Waals surface area contributed by atoms with Gasteiger partial charge in [-0.15, -0.1) is 0 Å². The molecule has 0 aliphatic heterocycles. The third kappa shape index (κ3) is 4.59. The van der Waals surface area contributed by atoms with Gasteiger partial charge in [0.2, 0.25) is 0 Å². The van der Waals surface area contributed by atoms with Crippen molar-refractivity contribution in [3.05, 3.63) is 127 Å². The lowest BCUT2D eigenvalue weighted by molar-refractivity contribution is 0.102. The van der Waals surface area contributed by atoms with Gasteiger partial charge in [-0.3, -0.25) is 14.9 Å². The topological polar surface area (TPSA) is 55.3 Å². The predicted molar refractivity (Wildman–Crippen MR) is 146 cm³/mol. The van der Waals surface area contributed by atoms with E-state index in [2.05, 4.69) is 22.9 Å². The highest BCUT2D eigenvalue weighted by Gasteiger charge is 2.27. The summed E-state index contributed by atoms with van der Waals surface area (Å²) < 4.78 is 7.27. The molecular weight excluding hydrogens is 446 g/mol. The van der Waals surface area contributed by atoms with Gasteiger partial charge in [0, 0.05) is 16.8 Å². The third-order valence-corrected chi connectivity index (χ3v) is 6.11. The van der Waals surface area contributed by atoms with Crippen molar-refractivity contribution in [3.63, 3.8) is 0 Å². The van der Waals surface area contributed by atoms with E-state index in [1.165, 1.54) is 0 Å². The summed E-state index contributed by atoms with van der Waals surface area (Å²) in [4.78, 5) is 13.8. The molecule has 1 heterocycles. The summed E-state index contributed by atoms with van der Waals surface area (Å²) in [6.45, 7) is 1.97. The first kappa shape index (κ1) is 23.0. The van der Waals surface area contributed by atoms with Crippen molar-refractivity contribution in [1.29, 1.82) is 0 Å². The maximum absolute atomic E-state index is 13.8. The molecule has 5 aromatic rings. The molecule has 0 spiro atoms. The SMILES string of the molecule is COc1ccc(NC(=O)c2c(-c3ccccc3)c(-c3ccccc3)n(Nc3ccccc3)c2C)cc1. The van der Waals surface area contributed by atoms with Gasteiger partial charge in [0.1, 0.15) is 5.75 Å². The molecular formula is C31H27N3O2. The normalized spacial score (nSPS) is 10.6. The quantitative estimate of drug-likeness (QED) is 0.261. The second-order valence-electron chi connectivity index (χ2n) is 8.41. The Labute approximate surface area is 211 Å². The Kier molecular flexibility index (Phi) is 6.54. The minimum Gasteiger partial charge on any atom is -0.497 e. The first-order valence-corrected chi connectivity index (χ1v) is 11.8. The van der Waals surface area contributed by atoms with Crippen LogP contribution in [0.4, 0.5) is 11.4 Å². The number of amides is 1. The van der Waals surface area contributed by atoms with Crippen molar-refractivity contribution in [2.75, 3.05) is 17.9 Å². The number of ether oxygens (including phenoxy) is 1. The second-order valence-corrected chi connectivity index (χ2v) is 8.41. The van der Waals surface area contributed by atoms with Gasteiger partial charge in [-0.05, 0) is 48.9 Å². The van der Waals surface area contributed by atoms with Gasteiger partial charge >= 0.3 is 0 Å². The maximum atomic E-state index is 13.8. The molecule has 36 heavy (non-hydrogen) atoms. The molecule has 5 heteroatoms. The number of hydrogen-bond acceptors (Lipinski definition) is 3. The molecule has 2 N–H and O–H groups in total. The van der Waals surface area contributed by atoms with Crippen molar-refractivity contribution in [2.24, 2.45) is 0 Å². The number of aromatic nitrogens is 1. The lowest BCUT2D eigenvalue weighted by Crippen LogP contribution is -2.16. The van der Waals surface area contributed by atoms with Gasteiger partial charge in [-0.25, -0.2) is 0 Å². The summed E-state index contributed by atoms with van der Waals surface area (Å²) in [5.41, 5.74) is 10.3. The first-order valence-electron chi connectivity index (χ1n) is 11.8. The summed E-state index contributed by atoms with van der Waals surface area (Å²) in [6, 6.07) is 37.5. The monoisotopic (exact) mass is 473 g/mol. The molecule has 4 aromatic carbocycles. The van der Waals surface area contributed by atoms with Crippen LogP contribution in [-0.2, 0) is 0 Å². The van der Waals surface area contributed by atoms with E-state index in [4.69, 9.17) is 4.74 Å². The summed E-state index contributed by atoms with van der Waals surface area (Å²) in [6.07, 6.45) is 0. The van der Waals surface area contributed by atoms with Crippen LogP contribution < -0.4 is 15.5 Å². The Morgan fingerprint density at radius 1 is 0.694 bits per heavy atom. The van der Waals surface area contributed by atoms with E-state index in [1.54, 1.807) is 7.11 Å². The minimum atomic E-state index is -0.178. The number of hydrogen-bond donors (Lipinski definition) is 2. The highest BCUT2D eigenvalue weighted by atomic mass is 16.5. The van der Waals surface area contributed by atoms with Crippen LogP contribution in [0.15, 0.2) is 115 Å². The van der Waals surface area contributed by atoms with Crippen LogP contribution in [0.2, 0.25) is 0 Å². The van der Waals surface area contributed by atoms with E-state index < -0.39 is 0 Å². The summed E-state index contributed by atoms with van der Waals surface area (Å²) in [7, 11) is 1.62. The highest BCUT2D eigenvalue weighted by molar-refractivity contribution is 6.12. The summed E-state index contributed by atoms with van der Waals surface area (Å²) >= 11 is 0. The van der Waals surface area contributed by atoms with Crippen molar-refractivity contribution < 1.29 is 9.53 Å². The highest BCUT2D eigenvalue weighted by Crippen LogP contribution is 2.39. The summed E-state index contributed by atoms with van der Waals surface area (Å²) in [5.74, 6) is 0.557. The Hall–Kier alpha value is -4.77. The zero-order chi connectivity index (χ0) is 24.9. The smallest absolute Gasteiger partial charge is 0.258 e. The molecule has 0 fully saturated rings. The first-order chi connectivity index (χ1) is 17.7. The lowest BCUT2D eigenvalue weighted by atomic mass is 9.96. The molecule has 0 atom stereocenters. The van der Waals surface area contributed by atoms with Gasteiger partial charge in [-0.1, -0.05) is 78.9 Å². The third-order valence-electron chi connectivity index (χ3n) is 6.11. The molecule has 1 amide bonds. The van der Waals surface area contributed by atoms with Crippen molar-refractivity contribution in [1.82, 2.24) is 4.68 Å². The van der Waals surface area contributed by atoms with Gasteiger partial charge in [-0.2, -0.15) is 0 Å². The fraction of sp³-hybridized carbons (Fsp3) is 0.0645. The number of rotatable bonds is 7. The number of carbonyl (C=O) groups is 1. The molecule has 0 unspecified atom stereocenters. The summed E-state index contributed by atoms with van der Waals surface area (Å²) in [5, 5.41) is 3.08. The number of methoxy groups -OCH3 is 1. The maximum Gasteiger partial charge on any atom is 0.258 e. The Morgan fingerprint density at radius 3 is 1.83 bits per heavy atom. The molecule has 0 aliphatic rings. The van der Waals surface area contributed by atoms with E-state index >= 15 is 0 Å². The largest absolute Gasteiger partial charge is 0.497 e. The molecule has 0 saturated heterocycles. The van der Waals surface area contributed by atoms with Crippen LogP contribution >= 0.6 is 0 Å². The Balaban J connectivity index is 1.71. The Morgan fingerprint density at radius 2 is 1.25 bits per heavy atom. The van der Waals surface area contributed by atoms with Gasteiger partial charge in [0.15, 0.2) is 0 Å². The van der Waals surface area contributed by atoms with Crippen LogP contribution in [0.1, 0.15) is 16.1 Å². The van der Waals surface area contributed by atoms with Crippen molar-refractivity contribution in [3.8, 4) is 28.1 Å². The zero-order valence-electron chi connectivity index (χ0n) is 20.2. The van der Waals surface area contributed by atoms with E-state index in [0.29, 0.717) is 11.3 Å². The molecule has 5 rings (SSSR count). The van der Waals surface area contributed by atoms with E-state index in [0.717, 1.165) is 39.5 Å². The molecule has 0 bridgehead atoms. The van der Waals surface area contributed by atoms with Crippen molar-refractivity contribution >= 4 is 17.3 Å². The van der Waals surface area contributed by atoms with Crippen LogP contribution in [0, 0.1) is 6.92 Å². The Bertz CT molecular complexity index is 1460. The lowest BCUT2D eigenvalue weighted by Gasteiger charge is -2.16. The van der Waals surface area contributed by atoms with Gasteiger partial charge < -0.3 is 10.1 Å². The number of para-hydroxylation sites is 1. The number of nitrogens with one attached hydrogen (secondary N) is 2. The molecule has 0 saturated carbocycles. The van der Waals surface area contributed by atoms with E-state index in [-0.39, 0.29) is 5.91 Å². The molecule has 0 radical (unpaired) electrons. The number of nitrogens with zero attached hydrogens (tertiary/aromatic N) is 1. The van der Waals surface area contributed by atoms with Gasteiger partial charge in [0.05, 0.1) is 29.7 Å². The minimum absolute atomic E-state index is 0.178. The van der Waals surface area contributed by atoms with Crippen molar-refractivity contribution in [2.45, 2.75) is 6.92 Å².